The van der Waals surface area contributed by atoms with E-state index in [0.29, 0.717) is 29.0 Å². The van der Waals surface area contributed by atoms with E-state index in [4.69, 9.17) is 4.42 Å². The fourth-order valence-corrected chi connectivity index (χ4v) is 2.64. The summed E-state index contributed by atoms with van der Waals surface area (Å²) in [7, 11) is 0. The van der Waals surface area contributed by atoms with E-state index in [0.717, 1.165) is 5.69 Å². The van der Waals surface area contributed by atoms with Crippen LogP contribution in [0.15, 0.2) is 58.2 Å². The topological polar surface area (TPSA) is 51.0 Å². The van der Waals surface area contributed by atoms with Gasteiger partial charge >= 0.3 is 0 Å². The molecule has 118 valence electrons. The number of hydrogen-bond acceptors (Lipinski definition) is 5. The Kier molecular flexibility index (Phi) is 4.87. The first kappa shape index (κ1) is 15.5. The SMILES string of the molecule is Fc1ccc(NCc2nnc(SCc3ccccc3F)o2)cc1. The number of halogens is 2. The fourth-order valence-electron chi connectivity index (χ4n) is 1.87. The van der Waals surface area contributed by atoms with E-state index in [9.17, 15) is 8.78 Å². The second kappa shape index (κ2) is 7.23. The molecule has 1 N–H and O–H groups in total. The smallest absolute Gasteiger partial charge is 0.276 e. The highest BCUT2D eigenvalue weighted by atomic mass is 32.2. The first-order valence-corrected chi connectivity index (χ1v) is 7.87. The maximum absolute atomic E-state index is 13.5. The number of hydrogen-bond donors (Lipinski definition) is 1. The van der Waals surface area contributed by atoms with Crippen LogP contribution >= 0.6 is 11.8 Å². The van der Waals surface area contributed by atoms with E-state index >= 15 is 0 Å². The van der Waals surface area contributed by atoms with Gasteiger partial charge in [-0.15, -0.1) is 10.2 Å². The number of nitrogens with one attached hydrogen (secondary N) is 1. The van der Waals surface area contributed by atoms with Crippen LogP contribution in [0.4, 0.5) is 14.5 Å². The molecule has 0 atom stereocenters. The highest BCUT2D eigenvalue weighted by Gasteiger charge is 2.08. The molecule has 1 heterocycles. The molecule has 0 radical (unpaired) electrons. The largest absolute Gasteiger partial charge is 0.414 e. The summed E-state index contributed by atoms with van der Waals surface area (Å²) < 4.78 is 31.8. The molecular weight excluding hydrogens is 320 g/mol. The minimum Gasteiger partial charge on any atom is -0.414 e. The predicted octanol–water partition coefficient (Wildman–Crippen LogP) is 4.25. The summed E-state index contributed by atoms with van der Waals surface area (Å²) >= 11 is 1.27. The van der Waals surface area contributed by atoms with Crippen LogP contribution in [0.3, 0.4) is 0 Å². The Labute approximate surface area is 135 Å². The predicted molar refractivity (Wildman–Crippen MR) is 84.0 cm³/mol. The molecule has 0 bridgehead atoms. The van der Waals surface area contributed by atoms with Crippen molar-refractivity contribution >= 4 is 17.4 Å². The minimum atomic E-state index is -0.292. The van der Waals surface area contributed by atoms with E-state index in [-0.39, 0.29) is 11.6 Å². The highest BCUT2D eigenvalue weighted by molar-refractivity contribution is 7.98. The normalized spacial score (nSPS) is 10.7. The lowest BCUT2D eigenvalue weighted by Gasteiger charge is -2.02. The van der Waals surface area contributed by atoms with Crippen LogP contribution < -0.4 is 5.32 Å². The molecule has 0 fully saturated rings. The lowest BCUT2D eigenvalue weighted by molar-refractivity contribution is 0.418. The van der Waals surface area contributed by atoms with Crippen LogP contribution in [-0.4, -0.2) is 10.2 Å². The molecule has 2 aromatic carbocycles. The van der Waals surface area contributed by atoms with Gasteiger partial charge in [0, 0.05) is 11.4 Å². The van der Waals surface area contributed by atoms with Gasteiger partial charge in [-0.2, -0.15) is 0 Å². The minimum absolute atomic E-state index is 0.252. The second-order valence-electron chi connectivity index (χ2n) is 4.70. The molecule has 0 unspecified atom stereocenters. The number of thioether (sulfide) groups is 1. The third-order valence-corrected chi connectivity index (χ3v) is 3.91. The number of nitrogens with zero attached hydrogens (tertiary/aromatic N) is 2. The van der Waals surface area contributed by atoms with Gasteiger partial charge in [-0.3, -0.25) is 0 Å². The Morgan fingerprint density at radius 1 is 1.00 bits per heavy atom. The van der Waals surface area contributed by atoms with Crippen LogP contribution in [0.5, 0.6) is 0 Å². The highest BCUT2D eigenvalue weighted by Crippen LogP contribution is 2.23. The van der Waals surface area contributed by atoms with Crippen molar-refractivity contribution in [1.29, 1.82) is 0 Å². The van der Waals surface area contributed by atoms with Gasteiger partial charge in [0.05, 0.1) is 6.54 Å². The maximum atomic E-state index is 13.5. The molecule has 4 nitrogen and oxygen atoms in total. The Morgan fingerprint density at radius 2 is 1.78 bits per heavy atom. The summed E-state index contributed by atoms with van der Waals surface area (Å²) in [6.07, 6.45) is 0. The Balaban J connectivity index is 1.53. The third-order valence-electron chi connectivity index (χ3n) is 3.05. The first-order valence-electron chi connectivity index (χ1n) is 6.89. The zero-order valence-corrected chi connectivity index (χ0v) is 12.8. The van der Waals surface area contributed by atoms with Gasteiger partial charge in [-0.1, -0.05) is 30.0 Å². The Hall–Kier alpha value is -2.41. The molecule has 0 saturated carbocycles. The van der Waals surface area contributed by atoms with Crippen molar-refractivity contribution in [2.24, 2.45) is 0 Å². The second-order valence-corrected chi connectivity index (χ2v) is 5.63. The molecule has 0 amide bonds. The number of rotatable bonds is 6. The quantitative estimate of drug-likeness (QED) is 0.683. The van der Waals surface area contributed by atoms with Crippen molar-refractivity contribution in [3.63, 3.8) is 0 Å². The van der Waals surface area contributed by atoms with Crippen molar-refractivity contribution in [2.75, 3.05) is 5.32 Å². The lowest BCUT2D eigenvalue weighted by atomic mass is 10.2. The standard InChI is InChI=1S/C16H13F2N3OS/c17-12-5-7-13(8-6-12)19-9-15-20-21-16(22-15)23-10-11-3-1-2-4-14(11)18/h1-8,19H,9-10H2. The van der Waals surface area contributed by atoms with E-state index < -0.39 is 0 Å². The van der Waals surface area contributed by atoms with Gasteiger partial charge in [-0.25, -0.2) is 8.78 Å². The molecule has 0 saturated heterocycles. The Morgan fingerprint density at radius 3 is 2.57 bits per heavy atom. The molecule has 7 heteroatoms. The monoisotopic (exact) mass is 333 g/mol. The van der Waals surface area contributed by atoms with Crippen molar-refractivity contribution in [3.8, 4) is 0 Å². The van der Waals surface area contributed by atoms with Crippen LogP contribution in [-0.2, 0) is 12.3 Å². The van der Waals surface area contributed by atoms with Gasteiger partial charge < -0.3 is 9.73 Å². The van der Waals surface area contributed by atoms with E-state index in [1.54, 1.807) is 30.3 Å². The Bertz CT molecular complexity index is 777. The molecule has 0 aliphatic carbocycles. The summed E-state index contributed by atoms with van der Waals surface area (Å²) in [4.78, 5) is 0. The average Bonchev–Trinajstić information content (AvgIpc) is 3.02. The summed E-state index contributed by atoms with van der Waals surface area (Å²) in [6.45, 7) is 0.332. The van der Waals surface area contributed by atoms with Crippen LogP contribution in [0, 0.1) is 11.6 Å². The van der Waals surface area contributed by atoms with Crippen molar-refractivity contribution in [1.82, 2.24) is 10.2 Å². The number of aromatic nitrogens is 2. The summed E-state index contributed by atoms with van der Waals surface area (Å²) in [6, 6.07) is 12.6. The average molecular weight is 333 g/mol. The third kappa shape index (κ3) is 4.29. The van der Waals surface area contributed by atoms with Gasteiger partial charge in [0.1, 0.15) is 11.6 Å². The van der Waals surface area contributed by atoms with E-state index in [1.165, 1.54) is 30.0 Å². The molecule has 3 aromatic rings. The van der Waals surface area contributed by atoms with Crippen molar-refractivity contribution in [3.05, 3.63) is 71.6 Å². The molecule has 3 rings (SSSR count). The van der Waals surface area contributed by atoms with Crippen LogP contribution in [0.1, 0.15) is 11.5 Å². The van der Waals surface area contributed by atoms with Gasteiger partial charge in [0.2, 0.25) is 5.89 Å². The molecular formula is C16H13F2N3OS. The maximum Gasteiger partial charge on any atom is 0.276 e. The van der Waals surface area contributed by atoms with Gasteiger partial charge in [0.15, 0.2) is 0 Å². The molecule has 0 aliphatic rings. The molecule has 1 aromatic heterocycles. The van der Waals surface area contributed by atoms with Crippen LogP contribution in [0.25, 0.3) is 0 Å². The molecule has 0 aliphatic heterocycles. The number of anilines is 1. The van der Waals surface area contributed by atoms with Gasteiger partial charge in [0.25, 0.3) is 5.22 Å². The van der Waals surface area contributed by atoms with Crippen molar-refractivity contribution in [2.45, 2.75) is 17.5 Å². The summed E-state index contributed by atoms with van der Waals surface area (Å²) in [5.74, 6) is 0.280. The summed E-state index contributed by atoms with van der Waals surface area (Å²) in [5.41, 5.74) is 1.34. The van der Waals surface area contributed by atoms with E-state index in [1.807, 2.05) is 0 Å². The fraction of sp³-hybridized carbons (Fsp3) is 0.125. The molecule has 0 spiro atoms. The van der Waals surface area contributed by atoms with Crippen LogP contribution in [0.2, 0.25) is 0 Å². The lowest BCUT2D eigenvalue weighted by Crippen LogP contribution is -1.99. The zero-order valence-electron chi connectivity index (χ0n) is 12.0. The summed E-state index contributed by atoms with van der Waals surface area (Å²) in [5, 5.41) is 11.3. The van der Waals surface area contributed by atoms with E-state index in [2.05, 4.69) is 15.5 Å². The molecule has 23 heavy (non-hydrogen) atoms. The first-order chi connectivity index (χ1) is 11.2. The number of benzene rings is 2. The van der Waals surface area contributed by atoms with Gasteiger partial charge in [-0.05, 0) is 35.9 Å². The zero-order chi connectivity index (χ0) is 16.1. The van der Waals surface area contributed by atoms with Crippen molar-refractivity contribution < 1.29 is 13.2 Å².